The predicted molar refractivity (Wildman–Crippen MR) is 75.3 cm³/mol. The van der Waals surface area contributed by atoms with Crippen molar-refractivity contribution in [2.75, 3.05) is 18.6 Å². The van der Waals surface area contributed by atoms with Crippen molar-refractivity contribution < 1.29 is 14.5 Å². The van der Waals surface area contributed by atoms with Crippen LogP contribution in [0.5, 0.6) is 5.75 Å². The number of nitrogens with zero attached hydrogens (tertiary/aromatic N) is 2. The first-order chi connectivity index (χ1) is 9.54. The van der Waals surface area contributed by atoms with E-state index in [2.05, 4.69) is 0 Å². The van der Waals surface area contributed by atoms with Crippen LogP contribution in [0.25, 0.3) is 0 Å². The number of ketones is 1. The van der Waals surface area contributed by atoms with Gasteiger partial charge in [-0.2, -0.15) is 0 Å². The Morgan fingerprint density at radius 3 is 2.80 bits per heavy atom. The quantitative estimate of drug-likeness (QED) is 0.625. The van der Waals surface area contributed by atoms with Gasteiger partial charge >= 0.3 is 0 Å². The molecule has 6 nitrogen and oxygen atoms in total. The van der Waals surface area contributed by atoms with Crippen LogP contribution in [-0.4, -0.2) is 30.4 Å². The lowest BCUT2D eigenvalue weighted by Gasteiger charge is -2.35. The predicted octanol–water partition coefficient (Wildman–Crippen LogP) is 2.55. The number of hydrogen-bond donors (Lipinski definition) is 0. The Morgan fingerprint density at radius 2 is 2.20 bits per heavy atom. The molecule has 0 aliphatic carbocycles. The molecule has 6 heteroatoms. The minimum absolute atomic E-state index is 0.0162. The molecule has 2 rings (SSSR count). The first-order valence-corrected chi connectivity index (χ1v) is 6.64. The van der Waals surface area contributed by atoms with E-state index in [0.29, 0.717) is 18.0 Å². The van der Waals surface area contributed by atoms with Crippen LogP contribution in [-0.2, 0) is 4.79 Å². The van der Waals surface area contributed by atoms with Crippen LogP contribution in [0.3, 0.4) is 0 Å². The van der Waals surface area contributed by atoms with Crippen LogP contribution in [0.4, 0.5) is 11.4 Å². The normalized spacial score (nSPS) is 18.7. The number of Topliss-reactive ketones (excluding diaryl/α,β-unsaturated/α-hetero) is 1. The highest BCUT2D eigenvalue weighted by Crippen LogP contribution is 2.35. The number of carbonyl (C=O) groups is 1. The third kappa shape index (κ3) is 2.74. The zero-order valence-electron chi connectivity index (χ0n) is 11.7. The molecule has 0 saturated carbocycles. The van der Waals surface area contributed by atoms with Gasteiger partial charge in [-0.3, -0.25) is 14.9 Å². The number of ether oxygens (including phenoxy) is 1. The highest BCUT2D eigenvalue weighted by atomic mass is 16.6. The van der Waals surface area contributed by atoms with Crippen molar-refractivity contribution in [1.82, 2.24) is 0 Å². The van der Waals surface area contributed by atoms with Gasteiger partial charge in [0.25, 0.3) is 5.69 Å². The molecule has 1 unspecified atom stereocenters. The smallest absolute Gasteiger partial charge is 0.296 e. The second kappa shape index (κ2) is 5.90. The Hall–Kier alpha value is -2.11. The molecule has 0 amide bonds. The number of nitro groups is 1. The summed E-state index contributed by atoms with van der Waals surface area (Å²) in [4.78, 5) is 24.4. The molecule has 0 bridgehead atoms. The van der Waals surface area contributed by atoms with E-state index in [-0.39, 0.29) is 17.5 Å². The lowest BCUT2D eigenvalue weighted by atomic mass is 9.98. The first kappa shape index (κ1) is 14.3. The van der Waals surface area contributed by atoms with Crippen molar-refractivity contribution in [2.45, 2.75) is 32.2 Å². The van der Waals surface area contributed by atoms with Crippen LogP contribution >= 0.6 is 0 Å². The lowest BCUT2D eigenvalue weighted by molar-refractivity contribution is -0.384. The van der Waals surface area contributed by atoms with E-state index >= 15 is 0 Å². The number of piperidine rings is 1. The van der Waals surface area contributed by atoms with E-state index in [0.717, 1.165) is 19.3 Å². The number of rotatable bonds is 4. The number of anilines is 1. The van der Waals surface area contributed by atoms with E-state index < -0.39 is 4.92 Å². The van der Waals surface area contributed by atoms with Crippen molar-refractivity contribution in [3.63, 3.8) is 0 Å². The first-order valence-electron chi connectivity index (χ1n) is 6.64. The summed E-state index contributed by atoms with van der Waals surface area (Å²) in [6.45, 7) is 2.20. The molecule has 108 valence electrons. The fraction of sp³-hybridized carbons (Fsp3) is 0.500. The molecule has 1 aliphatic heterocycles. The summed E-state index contributed by atoms with van der Waals surface area (Å²) in [6.07, 6.45) is 2.66. The van der Waals surface area contributed by atoms with Crippen LogP contribution in [0, 0.1) is 10.1 Å². The minimum atomic E-state index is -0.427. The fourth-order valence-corrected chi connectivity index (χ4v) is 2.66. The average Bonchev–Trinajstić information content (AvgIpc) is 2.46. The summed E-state index contributed by atoms with van der Waals surface area (Å²) < 4.78 is 5.03. The number of carbonyl (C=O) groups excluding carboxylic acids is 1. The van der Waals surface area contributed by atoms with Crippen molar-refractivity contribution in [2.24, 2.45) is 0 Å². The van der Waals surface area contributed by atoms with Gasteiger partial charge in [-0.05, 0) is 38.3 Å². The Labute approximate surface area is 117 Å². The molecule has 0 spiro atoms. The zero-order valence-corrected chi connectivity index (χ0v) is 11.7. The Kier molecular flexibility index (Phi) is 4.22. The van der Waals surface area contributed by atoms with Gasteiger partial charge in [0, 0.05) is 6.54 Å². The summed E-state index contributed by atoms with van der Waals surface area (Å²) in [5, 5.41) is 11.2. The highest BCUT2D eigenvalue weighted by molar-refractivity contribution is 5.86. The van der Waals surface area contributed by atoms with Crippen molar-refractivity contribution >= 4 is 17.2 Å². The molecule has 1 aromatic carbocycles. The minimum Gasteiger partial charge on any atom is -0.496 e. The highest BCUT2D eigenvalue weighted by Gasteiger charge is 2.30. The number of methoxy groups -OCH3 is 1. The van der Waals surface area contributed by atoms with Crippen molar-refractivity contribution in [3.8, 4) is 5.75 Å². The molecule has 1 fully saturated rings. The van der Waals surface area contributed by atoms with Crippen LogP contribution < -0.4 is 9.64 Å². The van der Waals surface area contributed by atoms with Gasteiger partial charge in [0.1, 0.15) is 11.4 Å². The summed E-state index contributed by atoms with van der Waals surface area (Å²) in [7, 11) is 1.47. The molecular weight excluding hydrogens is 260 g/mol. The Morgan fingerprint density at radius 1 is 1.45 bits per heavy atom. The monoisotopic (exact) mass is 278 g/mol. The third-order valence-corrected chi connectivity index (χ3v) is 3.66. The van der Waals surface area contributed by atoms with Crippen molar-refractivity contribution in [3.05, 3.63) is 28.3 Å². The fourth-order valence-electron chi connectivity index (χ4n) is 2.66. The summed E-state index contributed by atoms with van der Waals surface area (Å²) in [5.74, 6) is 0.492. The number of hydrogen-bond acceptors (Lipinski definition) is 5. The third-order valence-electron chi connectivity index (χ3n) is 3.66. The maximum atomic E-state index is 11.8. The molecule has 1 atom stereocenters. The van der Waals surface area contributed by atoms with Gasteiger partial charge in [0.2, 0.25) is 0 Å². The van der Waals surface area contributed by atoms with Crippen LogP contribution in [0.1, 0.15) is 26.2 Å². The van der Waals surface area contributed by atoms with E-state index in [4.69, 9.17) is 4.74 Å². The second-order valence-electron chi connectivity index (χ2n) is 4.93. The van der Waals surface area contributed by atoms with Gasteiger partial charge in [0.15, 0.2) is 5.78 Å². The van der Waals surface area contributed by atoms with Gasteiger partial charge < -0.3 is 9.64 Å². The van der Waals surface area contributed by atoms with E-state index in [1.165, 1.54) is 13.2 Å². The molecule has 1 saturated heterocycles. The summed E-state index contributed by atoms with van der Waals surface area (Å²) in [6, 6.07) is 4.49. The van der Waals surface area contributed by atoms with E-state index in [1.807, 2.05) is 4.90 Å². The number of nitro benzene ring substituents is 1. The maximum Gasteiger partial charge on any atom is 0.296 e. The lowest BCUT2D eigenvalue weighted by Crippen LogP contribution is -2.44. The van der Waals surface area contributed by atoms with Gasteiger partial charge in [-0.1, -0.05) is 0 Å². The molecule has 1 heterocycles. The van der Waals surface area contributed by atoms with Crippen molar-refractivity contribution in [1.29, 1.82) is 0 Å². The van der Waals surface area contributed by atoms with Gasteiger partial charge in [-0.15, -0.1) is 0 Å². The largest absolute Gasteiger partial charge is 0.496 e. The number of benzene rings is 1. The molecule has 1 aliphatic rings. The second-order valence-corrected chi connectivity index (χ2v) is 4.93. The summed E-state index contributed by atoms with van der Waals surface area (Å²) >= 11 is 0. The van der Waals surface area contributed by atoms with E-state index in [9.17, 15) is 14.9 Å². The van der Waals surface area contributed by atoms with E-state index in [1.54, 1.807) is 19.1 Å². The maximum absolute atomic E-state index is 11.8. The van der Waals surface area contributed by atoms with Gasteiger partial charge in [0.05, 0.1) is 24.1 Å². The molecular formula is C14H18N2O4. The zero-order chi connectivity index (χ0) is 14.7. The molecule has 0 aromatic heterocycles. The molecule has 0 radical (unpaired) electrons. The Bertz CT molecular complexity index is 530. The van der Waals surface area contributed by atoms with Gasteiger partial charge in [-0.25, -0.2) is 0 Å². The molecule has 1 aromatic rings. The molecule has 0 N–H and O–H groups in total. The van der Waals surface area contributed by atoms with Crippen LogP contribution in [0.15, 0.2) is 18.2 Å². The topological polar surface area (TPSA) is 72.7 Å². The Balaban J connectivity index is 2.44. The van der Waals surface area contributed by atoms with Crippen LogP contribution in [0.2, 0.25) is 0 Å². The SMILES string of the molecule is COc1ccc(N2CCCCC2C(C)=O)c([N+](=O)[O-])c1. The standard InChI is InChI=1S/C14H18N2O4/c1-10(17)12-5-3-4-8-15(12)13-7-6-11(20-2)9-14(13)16(18)19/h6-7,9,12H,3-5,8H2,1-2H3. The summed E-state index contributed by atoms with van der Waals surface area (Å²) in [5.41, 5.74) is 0.480. The molecule has 20 heavy (non-hydrogen) atoms. The average molecular weight is 278 g/mol.